The summed E-state index contributed by atoms with van der Waals surface area (Å²) in [6.45, 7) is 6.23. The number of likely N-dealkylation sites (N-methyl/N-ethyl adjacent to an activating group) is 1. The molecule has 1 heterocycles. The lowest BCUT2D eigenvalue weighted by molar-refractivity contribution is -0.105. The number of hydrogen-bond acceptors (Lipinski definition) is 3. The van der Waals surface area contributed by atoms with Gasteiger partial charge >= 0.3 is 0 Å². The van der Waals surface area contributed by atoms with Crippen molar-refractivity contribution >= 4 is 17.8 Å². The van der Waals surface area contributed by atoms with E-state index in [9.17, 15) is 4.79 Å². The van der Waals surface area contributed by atoms with Crippen molar-refractivity contribution in [1.82, 2.24) is 4.90 Å². The number of nitrogens with zero attached hydrogens (tertiary/aromatic N) is 2. The Morgan fingerprint density at radius 2 is 1.77 bits per heavy atom. The minimum absolute atomic E-state index is 0.260. The lowest BCUT2D eigenvalue weighted by Crippen LogP contribution is -2.32. The van der Waals surface area contributed by atoms with Gasteiger partial charge in [0.1, 0.15) is 18.2 Å². The van der Waals surface area contributed by atoms with E-state index in [1.165, 1.54) is 5.56 Å². The Morgan fingerprint density at radius 3 is 2.46 bits per heavy atom. The Balaban J connectivity index is 2.07. The van der Waals surface area contributed by atoms with E-state index in [1.807, 2.05) is 42.5 Å². The van der Waals surface area contributed by atoms with E-state index in [4.69, 9.17) is 9.73 Å². The first kappa shape index (κ1) is 17.9. The zero-order valence-electron chi connectivity index (χ0n) is 15.3. The Labute approximate surface area is 154 Å². The SMILES string of the molecule is CCN(CC)C(Cc1ccccc1)=NC1=C(C=O)COc2ccccc21. The number of rotatable bonds is 6. The number of carbonyl (C=O) groups excluding carboxylic acids is 1. The molecule has 2 aromatic carbocycles. The third-order valence-corrected chi connectivity index (χ3v) is 4.55. The zero-order valence-corrected chi connectivity index (χ0v) is 15.3. The molecule has 0 saturated heterocycles. The fraction of sp³-hybridized carbons (Fsp3) is 0.273. The summed E-state index contributed by atoms with van der Waals surface area (Å²) in [5, 5.41) is 0. The molecular formula is C22H24N2O2. The average molecular weight is 348 g/mol. The highest BCUT2D eigenvalue weighted by Gasteiger charge is 2.21. The van der Waals surface area contributed by atoms with Crippen LogP contribution in [0, 0.1) is 0 Å². The molecule has 0 amide bonds. The van der Waals surface area contributed by atoms with Crippen LogP contribution < -0.4 is 4.74 Å². The molecule has 0 spiro atoms. The zero-order chi connectivity index (χ0) is 18.4. The fourth-order valence-electron chi connectivity index (χ4n) is 3.13. The Bertz CT molecular complexity index is 821. The molecule has 2 aromatic rings. The molecule has 0 atom stereocenters. The summed E-state index contributed by atoms with van der Waals surface area (Å²) in [4.78, 5) is 18.8. The van der Waals surface area contributed by atoms with Gasteiger partial charge in [-0.3, -0.25) is 4.79 Å². The van der Waals surface area contributed by atoms with Crippen molar-refractivity contribution in [3.8, 4) is 5.75 Å². The van der Waals surface area contributed by atoms with Gasteiger partial charge in [0, 0.05) is 25.1 Å². The van der Waals surface area contributed by atoms with Crippen LogP contribution in [0.15, 0.2) is 65.2 Å². The van der Waals surface area contributed by atoms with Crippen LogP contribution in [0.5, 0.6) is 5.75 Å². The summed E-state index contributed by atoms with van der Waals surface area (Å²) in [5.41, 5.74) is 3.38. The molecule has 4 nitrogen and oxygen atoms in total. The normalized spacial score (nSPS) is 13.8. The molecule has 26 heavy (non-hydrogen) atoms. The van der Waals surface area contributed by atoms with E-state index in [0.29, 0.717) is 5.57 Å². The maximum absolute atomic E-state index is 11.6. The highest BCUT2D eigenvalue weighted by Crippen LogP contribution is 2.33. The monoisotopic (exact) mass is 348 g/mol. The van der Waals surface area contributed by atoms with E-state index in [1.54, 1.807) is 0 Å². The molecule has 0 N–H and O–H groups in total. The quantitative estimate of drug-likeness (QED) is 0.451. The number of carbonyl (C=O) groups is 1. The minimum Gasteiger partial charge on any atom is -0.488 e. The van der Waals surface area contributed by atoms with Crippen molar-refractivity contribution < 1.29 is 9.53 Å². The Morgan fingerprint density at radius 1 is 1.08 bits per heavy atom. The van der Waals surface area contributed by atoms with Gasteiger partial charge in [0.25, 0.3) is 0 Å². The van der Waals surface area contributed by atoms with Gasteiger partial charge in [-0.1, -0.05) is 42.5 Å². The molecule has 0 aromatic heterocycles. The summed E-state index contributed by atoms with van der Waals surface area (Å²) in [6, 6.07) is 18.0. The molecule has 0 aliphatic carbocycles. The smallest absolute Gasteiger partial charge is 0.151 e. The predicted molar refractivity (Wildman–Crippen MR) is 105 cm³/mol. The van der Waals surface area contributed by atoms with Crippen molar-refractivity contribution in [2.24, 2.45) is 4.99 Å². The van der Waals surface area contributed by atoms with Crippen molar-refractivity contribution in [3.05, 3.63) is 71.3 Å². The van der Waals surface area contributed by atoms with Crippen molar-refractivity contribution in [3.63, 3.8) is 0 Å². The van der Waals surface area contributed by atoms with Gasteiger partial charge in [-0.15, -0.1) is 0 Å². The van der Waals surface area contributed by atoms with Crippen LogP contribution in [0.1, 0.15) is 25.0 Å². The van der Waals surface area contributed by atoms with Crippen LogP contribution >= 0.6 is 0 Å². The lowest BCUT2D eigenvalue weighted by Gasteiger charge is -2.25. The third-order valence-electron chi connectivity index (χ3n) is 4.55. The first-order valence-electron chi connectivity index (χ1n) is 9.03. The van der Waals surface area contributed by atoms with Gasteiger partial charge in [0.2, 0.25) is 0 Å². The van der Waals surface area contributed by atoms with Crippen LogP contribution in [0.3, 0.4) is 0 Å². The molecule has 0 saturated carbocycles. The number of amidine groups is 1. The summed E-state index contributed by atoms with van der Waals surface area (Å²) >= 11 is 0. The maximum Gasteiger partial charge on any atom is 0.151 e. The highest BCUT2D eigenvalue weighted by molar-refractivity contribution is 5.97. The number of fused-ring (bicyclic) bond motifs is 1. The average Bonchev–Trinajstić information content (AvgIpc) is 2.70. The van der Waals surface area contributed by atoms with E-state index < -0.39 is 0 Å². The first-order chi connectivity index (χ1) is 12.8. The van der Waals surface area contributed by atoms with Crippen LogP contribution in [-0.4, -0.2) is 36.7 Å². The minimum atomic E-state index is 0.260. The second-order valence-corrected chi connectivity index (χ2v) is 6.14. The second kappa shape index (κ2) is 8.48. The Kier molecular flexibility index (Phi) is 5.84. The molecule has 0 unspecified atom stereocenters. The van der Waals surface area contributed by atoms with E-state index in [2.05, 4.69) is 30.9 Å². The first-order valence-corrected chi connectivity index (χ1v) is 9.03. The molecule has 0 fully saturated rings. The molecule has 134 valence electrons. The van der Waals surface area contributed by atoms with Crippen LogP contribution in [0.4, 0.5) is 0 Å². The van der Waals surface area contributed by atoms with Crippen molar-refractivity contribution in [1.29, 1.82) is 0 Å². The maximum atomic E-state index is 11.6. The summed E-state index contributed by atoms with van der Waals surface area (Å²) in [5.74, 6) is 1.74. The summed E-state index contributed by atoms with van der Waals surface area (Å²) < 4.78 is 5.70. The van der Waals surface area contributed by atoms with Gasteiger partial charge in [-0.05, 0) is 31.5 Å². The lowest BCUT2D eigenvalue weighted by atomic mass is 10.0. The molecule has 4 heteroatoms. The third kappa shape index (κ3) is 3.85. The van der Waals surface area contributed by atoms with Crippen LogP contribution in [0.2, 0.25) is 0 Å². The van der Waals surface area contributed by atoms with Crippen molar-refractivity contribution in [2.75, 3.05) is 19.7 Å². The fourth-order valence-corrected chi connectivity index (χ4v) is 3.13. The number of aliphatic imine (C=N–C) groups is 1. The Hall–Kier alpha value is -2.88. The number of hydrogen-bond donors (Lipinski definition) is 0. The molecule has 0 radical (unpaired) electrons. The highest BCUT2D eigenvalue weighted by atomic mass is 16.5. The number of benzene rings is 2. The second-order valence-electron chi connectivity index (χ2n) is 6.14. The number of ether oxygens (including phenoxy) is 1. The molecule has 3 rings (SSSR count). The molecule has 1 aliphatic rings. The number of para-hydroxylation sites is 1. The van der Waals surface area contributed by atoms with Crippen LogP contribution in [-0.2, 0) is 11.2 Å². The number of aldehydes is 1. The largest absolute Gasteiger partial charge is 0.488 e. The van der Waals surface area contributed by atoms with Gasteiger partial charge < -0.3 is 9.64 Å². The van der Waals surface area contributed by atoms with E-state index in [0.717, 1.165) is 48.6 Å². The molecule has 1 aliphatic heterocycles. The van der Waals surface area contributed by atoms with Crippen LogP contribution in [0.25, 0.3) is 5.70 Å². The molecule has 0 bridgehead atoms. The topological polar surface area (TPSA) is 41.9 Å². The van der Waals surface area contributed by atoms with E-state index >= 15 is 0 Å². The van der Waals surface area contributed by atoms with Gasteiger partial charge in [-0.2, -0.15) is 0 Å². The van der Waals surface area contributed by atoms with Crippen molar-refractivity contribution in [2.45, 2.75) is 20.3 Å². The molecular weight excluding hydrogens is 324 g/mol. The summed E-state index contributed by atoms with van der Waals surface area (Å²) in [6.07, 6.45) is 1.58. The van der Waals surface area contributed by atoms with E-state index in [-0.39, 0.29) is 6.61 Å². The predicted octanol–water partition coefficient (Wildman–Crippen LogP) is 3.97. The standard InChI is InChI=1S/C22H24N2O2/c1-3-24(4-2)21(14-17-10-6-5-7-11-17)23-22-18(15-25)16-26-20-13-9-8-12-19(20)22/h5-13,15H,3-4,14,16H2,1-2H3. The van der Waals surface area contributed by atoms with Gasteiger partial charge in [0.15, 0.2) is 6.29 Å². The summed E-state index contributed by atoms with van der Waals surface area (Å²) in [7, 11) is 0. The van der Waals surface area contributed by atoms with Gasteiger partial charge in [-0.25, -0.2) is 4.99 Å². The van der Waals surface area contributed by atoms with Gasteiger partial charge in [0.05, 0.1) is 11.3 Å².